The third-order valence-corrected chi connectivity index (χ3v) is 4.16. The Bertz CT molecular complexity index is 672. The minimum Gasteiger partial charge on any atom is -0.459 e. The zero-order chi connectivity index (χ0) is 16.3. The van der Waals surface area contributed by atoms with Crippen molar-refractivity contribution in [1.82, 2.24) is 5.32 Å². The molecule has 1 amide bonds. The zero-order valence-electron chi connectivity index (χ0n) is 13.1. The Morgan fingerprint density at radius 1 is 1.22 bits per heavy atom. The number of furan rings is 1. The molecule has 122 valence electrons. The van der Waals surface area contributed by atoms with Crippen LogP contribution in [0.4, 0.5) is 4.39 Å². The highest BCUT2D eigenvalue weighted by molar-refractivity contribution is 5.84. The van der Waals surface area contributed by atoms with Crippen molar-refractivity contribution in [3.05, 3.63) is 48.0 Å². The minimum absolute atomic E-state index is 0.114. The molecule has 23 heavy (non-hydrogen) atoms. The van der Waals surface area contributed by atoms with Gasteiger partial charge >= 0.3 is 0 Å². The predicted octanol–water partition coefficient (Wildman–Crippen LogP) is 3.66. The van der Waals surface area contributed by atoms with Crippen LogP contribution in [0, 0.1) is 5.82 Å². The molecule has 2 heterocycles. The lowest BCUT2D eigenvalue weighted by molar-refractivity contribution is -0.150. The summed E-state index contributed by atoms with van der Waals surface area (Å²) in [5.74, 6) is 0.900. The molecule has 2 aromatic rings. The van der Waals surface area contributed by atoms with Crippen molar-refractivity contribution in [1.29, 1.82) is 0 Å². The van der Waals surface area contributed by atoms with Crippen molar-refractivity contribution >= 4 is 5.91 Å². The molecule has 1 unspecified atom stereocenters. The standard InChI is InChI=1S/C18H20FNO3/c1-18(10-2-3-11-22-18)17(21)20-12-15-8-9-16(23-15)13-4-6-14(19)7-5-13/h4-9H,2-3,10-12H2,1H3,(H,20,21). The Labute approximate surface area is 134 Å². The Morgan fingerprint density at radius 2 is 2.00 bits per heavy atom. The van der Waals surface area contributed by atoms with Crippen molar-refractivity contribution in [2.75, 3.05) is 6.61 Å². The highest BCUT2D eigenvalue weighted by atomic mass is 19.1. The van der Waals surface area contributed by atoms with Gasteiger partial charge in [0.25, 0.3) is 5.91 Å². The molecule has 0 saturated carbocycles. The first-order valence-corrected chi connectivity index (χ1v) is 7.84. The first kappa shape index (κ1) is 15.7. The first-order valence-electron chi connectivity index (χ1n) is 7.84. The highest BCUT2D eigenvalue weighted by Gasteiger charge is 2.35. The molecule has 1 aliphatic rings. The fourth-order valence-electron chi connectivity index (χ4n) is 2.71. The van der Waals surface area contributed by atoms with Crippen LogP contribution < -0.4 is 5.32 Å². The smallest absolute Gasteiger partial charge is 0.252 e. The van der Waals surface area contributed by atoms with Crippen LogP contribution in [-0.2, 0) is 16.1 Å². The van der Waals surface area contributed by atoms with E-state index in [4.69, 9.17) is 9.15 Å². The summed E-state index contributed by atoms with van der Waals surface area (Å²) in [6, 6.07) is 9.72. The Balaban J connectivity index is 1.61. The molecule has 0 bridgehead atoms. The van der Waals surface area contributed by atoms with E-state index in [1.54, 1.807) is 12.1 Å². The number of halogens is 1. The minimum atomic E-state index is -0.745. The van der Waals surface area contributed by atoms with Crippen LogP contribution in [-0.4, -0.2) is 18.1 Å². The van der Waals surface area contributed by atoms with E-state index in [2.05, 4.69) is 5.32 Å². The van der Waals surface area contributed by atoms with Crippen LogP contribution >= 0.6 is 0 Å². The number of nitrogens with one attached hydrogen (secondary N) is 1. The number of rotatable bonds is 4. The molecule has 1 aromatic heterocycles. The lowest BCUT2D eigenvalue weighted by Crippen LogP contribution is -2.48. The predicted molar refractivity (Wildman–Crippen MR) is 84.2 cm³/mol. The van der Waals surface area contributed by atoms with Gasteiger partial charge in [0.1, 0.15) is 22.9 Å². The van der Waals surface area contributed by atoms with Gasteiger partial charge in [-0.25, -0.2) is 4.39 Å². The molecular formula is C18H20FNO3. The average molecular weight is 317 g/mol. The number of hydrogen-bond acceptors (Lipinski definition) is 3. The van der Waals surface area contributed by atoms with Gasteiger partial charge in [-0.3, -0.25) is 4.79 Å². The molecule has 1 aliphatic heterocycles. The summed E-state index contributed by atoms with van der Waals surface area (Å²) in [6.45, 7) is 2.76. The molecule has 3 rings (SSSR count). The van der Waals surface area contributed by atoms with Gasteiger partial charge < -0.3 is 14.5 Å². The molecule has 5 heteroatoms. The second kappa shape index (κ2) is 6.54. The second-order valence-corrected chi connectivity index (χ2v) is 5.99. The van der Waals surface area contributed by atoms with E-state index in [0.717, 1.165) is 24.8 Å². The van der Waals surface area contributed by atoms with Gasteiger partial charge in [-0.1, -0.05) is 0 Å². The normalized spacial score (nSPS) is 21.1. The Kier molecular flexibility index (Phi) is 4.48. The lowest BCUT2D eigenvalue weighted by atomic mass is 9.95. The van der Waals surface area contributed by atoms with Gasteiger partial charge in [0.15, 0.2) is 0 Å². The van der Waals surface area contributed by atoms with Gasteiger partial charge in [0.2, 0.25) is 0 Å². The van der Waals surface area contributed by atoms with E-state index >= 15 is 0 Å². The van der Waals surface area contributed by atoms with Crippen LogP contribution in [0.1, 0.15) is 31.9 Å². The van der Waals surface area contributed by atoms with Gasteiger partial charge in [-0.05, 0) is 62.6 Å². The maximum atomic E-state index is 12.9. The molecule has 4 nitrogen and oxygen atoms in total. The van der Waals surface area contributed by atoms with Gasteiger partial charge in [0, 0.05) is 12.2 Å². The summed E-state index contributed by atoms with van der Waals surface area (Å²) in [6.07, 6.45) is 2.74. The summed E-state index contributed by atoms with van der Waals surface area (Å²) < 4.78 is 24.3. The molecule has 1 saturated heterocycles. The fourth-order valence-corrected chi connectivity index (χ4v) is 2.71. The van der Waals surface area contributed by atoms with Crippen molar-refractivity contribution in [2.24, 2.45) is 0 Å². The molecule has 1 aromatic carbocycles. The molecular weight excluding hydrogens is 297 g/mol. The van der Waals surface area contributed by atoms with Gasteiger partial charge in [-0.2, -0.15) is 0 Å². The third-order valence-electron chi connectivity index (χ3n) is 4.16. The first-order chi connectivity index (χ1) is 11.1. The number of carbonyl (C=O) groups is 1. The zero-order valence-corrected chi connectivity index (χ0v) is 13.1. The maximum Gasteiger partial charge on any atom is 0.252 e. The number of carbonyl (C=O) groups excluding carboxylic acids is 1. The van der Waals surface area contributed by atoms with E-state index in [1.807, 2.05) is 19.1 Å². The van der Waals surface area contributed by atoms with Crippen molar-refractivity contribution in [2.45, 2.75) is 38.3 Å². The maximum absolute atomic E-state index is 12.9. The molecule has 1 N–H and O–H groups in total. The van der Waals surface area contributed by atoms with Crippen molar-refractivity contribution in [3.63, 3.8) is 0 Å². The monoisotopic (exact) mass is 317 g/mol. The summed E-state index contributed by atoms with van der Waals surface area (Å²) in [7, 11) is 0. The molecule has 0 radical (unpaired) electrons. The molecule has 1 fully saturated rings. The van der Waals surface area contributed by atoms with Gasteiger partial charge in [0.05, 0.1) is 6.54 Å². The number of benzene rings is 1. The highest BCUT2D eigenvalue weighted by Crippen LogP contribution is 2.25. The average Bonchev–Trinajstić information content (AvgIpc) is 3.03. The topological polar surface area (TPSA) is 51.5 Å². The molecule has 0 spiro atoms. The number of ether oxygens (including phenoxy) is 1. The van der Waals surface area contributed by atoms with Gasteiger partial charge in [-0.15, -0.1) is 0 Å². The lowest BCUT2D eigenvalue weighted by Gasteiger charge is -2.32. The van der Waals surface area contributed by atoms with E-state index in [0.29, 0.717) is 24.7 Å². The Hall–Kier alpha value is -2.14. The van der Waals surface area contributed by atoms with Crippen LogP contribution in [0.3, 0.4) is 0 Å². The summed E-state index contributed by atoms with van der Waals surface area (Å²) in [5.41, 5.74) is 0.0523. The van der Waals surface area contributed by atoms with Crippen molar-refractivity contribution < 1.29 is 18.3 Å². The number of hydrogen-bond donors (Lipinski definition) is 1. The molecule has 1 atom stereocenters. The fraction of sp³-hybridized carbons (Fsp3) is 0.389. The second-order valence-electron chi connectivity index (χ2n) is 5.99. The van der Waals surface area contributed by atoms with Crippen LogP contribution in [0.25, 0.3) is 11.3 Å². The van der Waals surface area contributed by atoms with E-state index < -0.39 is 5.60 Å². The molecule has 0 aliphatic carbocycles. The Morgan fingerprint density at radius 3 is 2.70 bits per heavy atom. The largest absolute Gasteiger partial charge is 0.459 e. The van der Waals surface area contributed by atoms with Crippen LogP contribution in [0.15, 0.2) is 40.8 Å². The van der Waals surface area contributed by atoms with E-state index in [1.165, 1.54) is 12.1 Å². The quantitative estimate of drug-likeness (QED) is 0.936. The van der Waals surface area contributed by atoms with Crippen LogP contribution in [0.2, 0.25) is 0 Å². The van der Waals surface area contributed by atoms with E-state index in [-0.39, 0.29) is 11.7 Å². The van der Waals surface area contributed by atoms with E-state index in [9.17, 15) is 9.18 Å². The SMILES string of the molecule is CC1(C(=O)NCc2ccc(-c3ccc(F)cc3)o2)CCCCO1. The third kappa shape index (κ3) is 3.62. The summed E-state index contributed by atoms with van der Waals surface area (Å²) in [4.78, 5) is 12.3. The summed E-state index contributed by atoms with van der Waals surface area (Å²) >= 11 is 0. The number of amides is 1. The summed E-state index contributed by atoms with van der Waals surface area (Å²) in [5, 5.41) is 2.87. The van der Waals surface area contributed by atoms with Crippen LogP contribution in [0.5, 0.6) is 0 Å². The van der Waals surface area contributed by atoms with Crippen molar-refractivity contribution in [3.8, 4) is 11.3 Å².